The topological polar surface area (TPSA) is 105 Å². The Balaban J connectivity index is 4.99. The van der Waals surface area contributed by atoms with Gasteiger partial charge in [-0.2, -0.15) is 0 Å². The van der Waals surface area contributed by atoms with E-state index in [0.29, 0.717) is 33.9 Å². The molecule has 0 saturated heterocycles. The number of carbonyl (C=O) groups is 4. The normalized spacial score (nSPS) is 11.9. The predicted octanol–water partition coefficient (Wildman–Crippen LogP) is 7.75. The van der Waals surface area contributed by atoms with Gasteiger partial charge in [0.2, 0.25) is 0 Å². The van der Waals surface area contributed by atoms with Gasteiger partial charge in [0.1, 0.15) is 0 Å². The molecule has 0 spiro atoms. The van der Waals surface area contributed by atoms with E-state index in [1.54, 1.807) is 0 Å². The van der Waals surface area contributed by atoms with E-state index >= 15 is 0 Å². The molecule has 0 amide bonds. The van der Waals surface area contributed by atoms with Crippen molar-refractivity contribution in [3.8, 4) is 0 Å². The standard InChI is InChI=1S/2C12H20O4.2C4H9.Sn/c2*1-10(2)6-4-3-5-9-16-12(15)8-7-11(13)14;2*1-3-4-2;/h2*7-8,10H,3-6,9H2,1-2H3,(H,13,14);2*1,3-4H2,2H3;/q;;;;+2/p-2. The third-order valence-corrected chi connectivity index (χ3v) is 16.1. The van der Waals surface area contributed by atoms with Crippen molar-refractivity contribution in [1.82, 2.24) is 0 Å². The maximum atomic E-state index is 12.7. The van der Waals surface area contributed by atoms with Crippen LogP contribution in [0.15, 0.2) is 24.3 Å². The van der Waals surface area contributed by atoms with E-state index in [0.717, 1.165) is 101 Å². The van der Waals surface area contributed by atoms with Gasteiger partial charge in [-0.3, -0.25) is 0 Å². The SMILES string of the molecule is CCC[CH2][Sn]([CH2]CCC)([O]C(=O)C=CC(=O)OCCCCCC(C)C)[O]C(=O)C=CC(=O)OCCCCCC(C)C. The monoisotopic (exact) mass is 688 g/mol. The minimum absolute atomic E-state index is 0.303. The Kier molecular flexibility index (Phi) is 23.6. The number of hydrogen-bond acceptors (Lipinski definition) is 8. The van der Waals surface area contributed by atoms with E-state index in [1.807, 2.05) is 13.8 Å². The van der Waals surface area contributed by atoms with E-state index < -0.39 is 43.1 Å². The molecule has 0 aromatic heterocycles. The van der Waals surface area contributed by atoms with Gasteiger partial charge in [-0.1, -0.05) is 27.7 Å². The Hall–Kier alpha value is -1.84. The summed E-state index contributed by atoms with van der Waals surface area (Å²) in [6.45, 7) is 13.3. The van der Waals surface area contributed by atoms with E-state index in [2.05, 4.69) is 27.7 Å². The van der Waals surface area contributed by atoms with E-state index in [9.17, 15) is 19.2 Å². The summed E-state index contributed by atoms with van der Waals surface area (Å²) in [5.41, 5.74) is 0. The van der Waals surface area contributed by atoms with Gasteiger partial charge in [0.05, 0.1) is 0 Å². The number of hydrogen-bond donors (Lipinski definition) is 0. The molecule has 0 atom stereocenters. The quantitative estimate of drug-likeness (QED) is 0.0439. The number of rotatable bonds is 24. The molecular weight excluding hydrogens is 631 g/mol. The third kappa shape index (κ3) is 23.4. The van der Waals surface area contributed by atoms with E-state index in [4.69, 9.17) is 15.6 Å². The summed E-state index contributed by atoms with van der Waals surface area (Å²) in [5.74, 6) is -1.32. The van der Waals surface area contributed by atoms with E-state index in [1.165, 1.54) is 0 Å². The minimum Gasteiger partial charge on any atom is -0.0628 e. The second kappa shape index (κ2) is 24.7. The Morgan fingerprint density at radius 2 is 0.902 bits per heavy atom. The van der Waals surface area contributed by atoms with Crippen molar-refractivity contribution >= 4 is 43.1 Å². The van der Waals surface area contributed by atoms with Crippen LogP contribution in [0.5, 0.6) is 0 Å². The van der Waals surface area contributed by atoms with Crippen LogP contribution in [0, 0.1) is 11.8 Å². The van der Waals surface area contributed by atoms with Crippen molar-refractivity contribution in [3.63, 3.8) is 0 Å². The van der Waals surface area contributed by atoms with Gasteiger partial charge >= 0.3 is 227 Å². The summed E-state index contributed by atoms with van der Waals surface area (Å²) in [6.07, 6.45) is 15.4. The van der Waals surface area contributed by atoms with E-state index in [-0.39, 0.29) is 0 Å². The van der Waals surface area contributed by atoms with Crippen LogP contribution in [0.4, 0.5) is 0 Å². The third-order valence-electron chi connectivity index (χ3n) is 6.45. The van der Waals surface area contributed by atoms with Crippen molar-refractivity contribution in [2.45, 2.75) is 127 Å². The molecule has 0 heterocycles. The summed E-state index contributed by atoms with van der Waals surface area (Å²) >= 11 is -4.24. The Morgan fingerprint density at radius 1 is 0.537 bits per heavy atom. The van der Waals surface area contributed by atoms with Crippen LogP contribution in [0.1, 0.15) is 119 Å². The number of carbonyl (C=O) groups excluding carboxylic acids is 4. The smallest absolute Gasteiger partial charge is 0.0628 e. The van der Waals surface area contributed by atoms with Crippen LogP contribution in [0.2, 0.25) is 8.87 Å². The molecule has 0 aromatic carbocycles. The molecule has 0 aliphatic carbocycles. The summed E-state index contributed by atoms with van der Waals surface area (Å²) in [6, 6.07) is 0. The average molecular weight is 688 g/mol. The molecule has 0 aliphatic rings. The number of ether oxygens (including phenoxy) is 2. The molecule has 236 valence electrons. The first-order valence-electron chi connectivity index (χ1n) is 15.7. The second-order valence-electron chi connectivity index (χ2n) is 11.4. The summed E-state index contributed by atoms with van der Waals surface area (Å²) in [4.78, 5) is 49.5. The van der Waals surface area contributed by atoms with Gasteiger partial charge in [-0.25, -0.2) is 0 Å². The fourth-order valence-corrected chi connectivity index (χ4v) is 13.6. The summed E-state index contributed by atoms with van der Waals surface area (Å²) in [7, 11) is 0. The van der Waals surface area contributed by atoms with Crippen molar-refractivity contribution in [1.29, 1.82) is 0 Å². The Bertz CT molecular complexity index is 738. The molecule has 41 heavy (non-hydrogen) atoms. The fraction of sp³-hybridized carbons (Fsp3) is 0.750. The Morgan fingerprint density at radius 3 is 1.24 bits per heavy atom. The molecule has 0 rings (SSSR count). The molecule has 8 nitrogen and oxygen atoms in total. The van der Waals surface area contributed by atoms with Crippen molar-refractivity contribution in [3.05, 3.63) is 24.3 Å². The molecule has 0 radical (unpaired) electrons. The molecule has 9 heteroatoms. The van der Waals surface area contributed by atoms with Crippen molar-refractivity contribution in [2.24, 2.45) is 11.8 Å². The molecule has 0 fully saturated rings. The van der Waals surface area contributed by atoms with Crippen LogP contribution in [0.3, 0.4) is 0 Å². The number of esters is 2. The fourth-order valence-electron chi connectivity index (χ4n) is 4.05. The molecule has 0 aromatic rings. The van der Waals surface area contributed by atoms with Gasteiger partial charge in [0.25, 0.3) is 0 Å². The first-order valence-corrected chi connectivity index (χ1v) is 22.1. The average Bonchev–Trinajstić information content (AvgIpc) is 2.91. The van der Waals surface area contributed by atoms with Crippen LogP contribution in [-0.4, -0.2) is 56.3 Å². The zero-order chi connectivity index (χ0) is 30.9. The molecule has 0 aliphatic heterocycles. The molecule has 0 saturated carbocycles. The van der Waals surface area contributed by atoms with Gasteiger partial charge in [-0.05, 0) is 0 Å². The second-order valence-corrected chi connectivity index (χ2v) is 20.7. The first kappa shape index (κ1) is 39.2. The zero-order valence-electron chi connectivity index (χ0n) is 26.5. The molecule has 0 N–H and O–H groups in total. The van der Waals surface area contributed by atoms with Gasteiger partial charge in [-0.15, -0.1) is 0 Å². The van der Waals surface area contributed by atoms with Crippen LogP contribution >= 0.6 is 0 Å². The summed E-state index contributed by atoms with van der Waals surface area (Å²) in [5, 5.41) is 0. The molecular formula is C32H56O8Sn. The zero-order valence-corrected chi connectivity index (χ0v) is 29.4. The van der Waals surface area contributed by atoms with Crippen molar-refractivity contribution in [2.75, 3.05) is 13.2 Å². The number of unbranched alkanes of at least 4 members (excludes halogenated alkanes) is 6. The van der Waals surface area contributed by atoms with Gasteiger partial charge in [0, 0.05) is 0 Å². The van der Waals surface area contributed by atoms with Crippen molar-refractivity contribution < 1.29 is 34.8 Å². The first-order chi connectivity index (χ1) is 19.5. The van der Waals surface area contributed by atoms with Crippen LogP contribution < -0.4 is 0 Å². The summed E-state index contributed by atoms with van der Waals surface area (Å²) < 4.78 is 23.1. The molecule has 0 bridgehead atoms. The minimum atomic E-state index is -4.24. The van der Waals surface area contributed by atoms with Gasteiger partial charge in [0.15, 0.2) is 0 Å². The van der Waals surface area contributed by atoms with Crippen LogP contribution in [-0.2, 0) is 34.8 Å². The maximum absolute atomic E-state index is 12.7. The molecule has 0 unspecified atom stereocenters. The Labute approximate surface area is 253 Å². The predicted molar refractivity (Wildman–Crippen MR) is 164 cm³/mol. The van der Waals surface area contributed by atoms with Gasteiger partial charge < -0.3 is 0 Å². The van der Waals surface area contributed by atoms with Crippen LogP contribution in [0.25, 0.3) is 0 Å².